The Morgan fingerprint density at radius 1 is 1.21 bits per heavy atom. The second-order valence-electron chi connectivity index (χ2n) is 5.67. The van der Waals surface area contributed by atoms with E-state index in [0.717, 1.165) is 31.6 Å². The number of carboxylic acid groups (broad SMARTS) is 1. The number of aliphatic carboxylic acids is 1. The molecule has 0 radical (unpaired) electrons. The molecule has 1 aliphatic rings. The van der Waals surface area contributed by atoms with E-state index in [-0.39, 0.29) is 11.8 Å². The van der Waals surface area contributed by atoms with E-state index in [0.29, 0.717) is 6.42 Å². The van der Waals surface area contributed by atoms with E-state index in [2.05, 4.69) is 12.2 Å². The van der Waals surface area contributed by atoms with Crippen LogP contribution in [0.4, 0.5) is 0 Å². The summed E-state index contributed by atoms with van der Waals surface area (Å²) in [5.74, 6) is -0.215. The van der Waals surface area contributed by atoms with Crippen LogP contribution in [0.15, 0.2) is 0 Å². The molecule has 1 aliphatic carbocycles. The summed E-state index contributed by atoms with van der Waals surface area (Å²) in [7, 11) is 0. The Morgan fingerprint density at radius 2 is 1.84 bits per heavy atom. The Balaban J connectivity index is 2.34. The summed E-state index contributed by atoms with van der Waals surface area (Å²) in [5, 5.41) is 11.6. The van der Waals surface area contributed by atoms with E-state index in [1.165, 1.54) is 19.3 Å². The molecule has 0 saturated heterocycles. The SMILES string of the molecule is CCCCC1CCC(C(=O)N[C@@H](CC)C(=O)O)CC1. The third-order valence-electron chi connectivity index (χ3n) is 4.21. The van der Waals surface area contributed by atoms with Crippen molar-refractivity contribution in [2.45, 2.75) is 71.3 Å². The van der Waals surface area contributed by atoms with Crippen molar-refractivity contribution in [1.29, 1.82) is 0 Å². The zero-order chi connectivity index (χ0) is 14.3. The number of carbonyl (C=O) groups is 2. The normalized spacial score (nSPS) is 24.7. The molecule has 0 heterocycles. The molecule has 0 unspecified atom stereocenters. The second kappa shape index (κ2) is 8.18. The van der Waals surface area contributed by atoms with Gasteiger partial charge in [0.25, 0.3) is 0 Å². The molecule has 2 N–H and O–H groups in total. The second-order valence-corrected chi connectivity index (χ2v) is 5.67. The van der Waals surface area contributed by atoms with Gasteiger partial charge in [0, 0.05) is 5.92 Å². The molecule has 1 saturated carbocycles. The monoisotopic (exact) mass is 269 g/mol. The van der Waals surface area contributed by atoms with E-state index in [1.54, 1.807) is 6.92 Å². The first-order valence-corrected chi connectivity index (χ1v) is 7.61. The van der Waals surface area contributed by atoms with Gasteiger partial charge in [0.05, 0.1) is 0 Å². The molecule has 0 aliphatic heterocycles. The van der Waals surface area contributed by atoms with Crippen LogP contribution in [0.2, 0.25) is 0 Å². The summed E-state index contributed by atoms with van der Waals surface area (Å²) in [6.45, 7) is 3.98. The van der Waals surface area contributed by atoms with Crippen molar-refractivity contribution in [2.75, 3.05) is 0 Å². The average Bonchev–Trinajstić information content (AvgIpc) is 2.42. The molecule has 1 fully saturated rings. The average molecular weight is 269 g/mol. The van der Waals surface area contributed by atoms with Crippen molar-refractivity contribution in [3.8, 4) is 0 Å². The van der Waals surface area contributed by atoms with Gasteiger partial charge in [0.2, 0.25) is 5.91 Å². The van der Waals surface area contributed by atoms with Crippen LogP contribution in [-0.4, -0.2) is 23.0 Å². The van der Waals surface area contributed by atoms with Crippen LogP contribution in [0, 0.1) is 11.8 Å². The Hall–Kier alpha value is -1.06. The van der Waals surface area contributed by atoms with Crippen molar-refractivity contribution in [1.82, 2.24) is 5.32 Å². The standard InChI is InChI=1S/C15H27NO3/c1-3-5-6-11-7-9-12(10-8-11)14(17)16-13(4-2)15(18)19/h11-13H,3-10H2,1-2H3,(H,16,17)(H,18,19)/t11?,12?,13-/m0/s1. The molecular formula is C15H27NO3. The van der Waals surface area contributed by atoms with Crippen LogP contribution in [0.25, 0.3) is 0 Å². The fourth-order valence-corrected chi connectivity index (χ4v) is 2.83. The molecular weight excluding hydrogens is 242 g/mol. The van der Waals surface area contributed by atoms with E-state index in [9.17, 15) is 9.59 Å². The highest BCUT2D eigenvalue weighted by atomic mass is 16.4. The van der Waals surface area contributed by atoms with Gasteiger partial charge in [-0.05, 0) is 38.0 Å². The Bertz CT molecular complexity index is 296. The smallest absolute Gasteiger partial charge is 0.326 e. The minimum absolute atomic E-state index is 0.0197. The summed E-state index contributed by atoms with van der Waals surface area (Å²) in [4.78, 5) is 22.9. The van der Waals surface area contributed by atoms with Gasteiger partial charge in [0.15, 0.2) is 0 Å². The quantitative estimate of drug-likeness (QED) is 0.746. The van der Waals surface area contributed by atoms with Crippen molar-refractivity contribution in [3.05, 3.63) is 0 Å². The van der Waals surface area contributed by atoms with Crippen LogP contribution in [-0.2, 0) is 9.59 Å². The molecule has 4 nitrogen and oxygen atoms in total. The minimum Gasteiger partial charge on any atom is -0.480 e. The zero-order valence-corrected chi connectivity index (χ0v) is 12.2. The number of hydrogen-bond donors (Lipinski definition) is 2. The molecule has 1 rings (SSSR count). The Kier molecular flexibility index (Phi) is 6.89. The number of carboxylic acids is 1. The summed E-state index contributed by atoms with van der Waals surface area (Å²) in [6.07, 6.45) is 8.27. The van der Waals surface area contributed by atoms with E-state index >= 15 is 0 Å². The van der Waals surface area contributed by atoms with Gasteiger partial charge in [-0.25, -0.2) is 4.79 Å². The van der Waals surface area contributed by atoms with E-state index in [1.807, 2.05) is 0 Å². The lowest BCUT2D eigenvalue weighted by Crippen LogP contribution is -2.44. The topological polar surface area (TPSA) is 66.4 Å². The third-order valence-corrected chi connectivity index (χ3v) is 4.21. The number of rotatable bonds is 7. The van der Waals surface area contributed by atoms with Gasteiger partial charge >= 0.3 is 5.97 Å². The maximum atomic E-state index is 12.0. The fourth-order valence-electron chi connectivity index (χ4n) is 2.83. The summed E-state index contributed by atoms with van der Waals surface area (Å²) < 4.78 is 0. The minimum atomic E-state index is -0.938. The highest BCUT2D eigenvalue weighted by molar-refractivity contribution is 5.84. The highest BCUT2D eigenvalue weighted by Crippen LogP contribution is 2.32. The predicted molar refractivity (Wildman–Crippen MR) is 74.8 cm³/mol. The Morgan fingerprint density at radius 3 is 2.32 bits per heavy atom. The molecule has 1 atom stereocenters. The molecule has 19 heavy (non-hydrogen) atoms. The van der Waals surface area contributed by atoms with E-state index in [4.69, 9.17) is 5.11 Å². The molecule has 0 spiro atoms. The van der Waals surface area contributed by atoms with E-state index < -0.39 is 12.0 Å². The highest BCUT2D eigenvalue weighted by Gasteiger charge is 2.28. The number of unbranched alkanes of at least 4 members (excludes halogenated alkanes) is 1. The summed E-state index contributed by atoms with van der Waals surface area (Å²) >= 11 is 0. The van der Waals surface area contributed by atoms with Gasteiger partial charge in [0.1, 0.15) is 6.04 Å². The zero-order valence-electron chi connectivity index (χ0n) is 12.2. The maximum Gasteiger partial charge on any atom is 0.326 e. The van der Waals surface area contributed by atoms with Crippen molar-refractivity contribution < 1.29 is 14.7 Å². The number of nitrogens with one attached hydrogen (secondary N) is 1. The summed E-state index contributed by atoms with van der Waals surface area (Å²) in [5.41, 5.74) is 0. The molecule has 4 heteroatoms. The van der Waals surface area contributed by atoms with Gasteiger partial charge in [-0.3, -0.25) is 4.79 Å². The van der Waals surface area contributed by atoms with Crippen LogP contribution in [0.5, 0.6) is 0 Å². The largest absolute Gasteiger partial charge is 0.480 e. The third kappa shape index (κ3) is 5.21. The maximum absolute atomic E-state index is 12.0. The number of carbonyl (C=O) groups excluding carboxylic acids is 1. The van der Waals surface area contributed by atoms with Crippen molar-refractivity contribution >= 4 is 11.9 Å². The number of amides is 1. The summed E-state index contributed by atoms with van der Waals surface area (Å²) in [6, 6.07) is -0.731. The van der Waals surface area contributed by atoms with Crippen molar-refractivity contribution in [2.24, 2.45) is 11.8 Å². The Labute approximate surface area is 116 Å². The van der Waals surface area contributed by atoms with Crippen molar-refractivity contribution in [3.63, 3.8) is 0 Å². The first kappa shape index (κ1) is 16.0. The lowest BCUT2D eigenvalue weighted by Gasteiger charge is -2.28. The van der Waals surface area contributed by atoms with Crippen LogP contribution in [0.3, 0.4) is 0 Å². The van der Waals surface area contributed by atoms with Crippen LogP contribution in [0.1, 0.15) is 65.2 Å². The first-order valence-electron chi connectivity index (χ1n) is 7.61. The number of hydrogen-bond acceptors (Lipinski definition) is 2. The van der Waals surface area contributed by atoms with Crippen LogP contribution >= 0.6 is 0 Å². The lowest BCUT2D eigenvalue weighted by molar-refractivity contribution is -0.142. The lowest BCUT2D eigenvalue weighted by atomic mass is 9.79. The van der Waals surface area contributed by atoms with Gasteiger partial charge < -0.3 is 10.4 Å². The predicted octanol–water partition coefficient (Wildman–Crippen LogP) is 2.96. The molecule has 0 aromatic rings. The molecule has 0 aromatic carbocycles. The van der Waals surface area contributed by atoms with Gasteiger partial charge in [-0.1, -0.05) is 33.1 Å². The first-order chi connectivity index (χ1) is 9.08. The fraction of sp³-hybridized carbons (Fsp3) is 0.867. The van der Waals surface area contributed by atoms with Gasteiger partial charge in [-0.15, -0.1) is 0 Å². The molecule has 0 bridgehead atoms. The molecule has 1 amide bonds. The van der Waals surface area contributed by atoms with Gasteiger partial charge in [-0.2, -0.15) is 0 Å². The molecule has 0 aromatic heterocycles. The van der Waals surface area contributed by atoms with Crippen LogP contribution < -0.4 is 5.32 Å². The molecule has 110 valence electrons.